The van der Waals surface area contributed by atoms with E-state index in [4.69, 9.17) is 21.1 Å². The van der Waals surface area contributed by atoms with Crippen molar-refractivity contribution in [3.05, 3.63) is 34.6 Å². The van der Waals surface area contributed by atoms with Crippen molar-refractivity contribution in [1.82, 2.24) is 4.90 Å². The summed E-state index contributed by atoms with van der Waals surface area (Å²) in [5, 5.41) is 0.495. The molecule has 0 bridgehead atoms. The number of unbranched alkanes of at least 4 members (excludes halogenated alkanes) is 2. The van der Waals surface area contributed by atoms with Crippen molar-refractivity contribution >= 4 is 17.7 Å². The smallest absolute Gasteiger partial charge is 0.409 e. The van der Waals surface area contributed by atoms with Crippen LogP contribution in [-0.4, -0.2) is 36.8 Å². The van der Waals surface area contributed by atoms with Crippen molar-refractivity contribution in [3.63, 3.8) is 0 Å². The first-order valence-corrected chi connectivity index (χ1v) is 9.28. The van der Waals surface area contributed by atoms with Gasteiger partial charge < -0.3 is 14.4 Å². The summed E-state index contributed by atoms with van der Waals surface area (Å²) in [6.45, 7) is 7.79. The summed E-state index contributed by atoms with van der Waals surface area (Å²) in [5.41, 5.74) is 0.454. The molecular weight excluding hydrogens is 345 g/mol. The molecule has 0 heterocycles. The van der Waals surface area contributed by atoms with Gasteiger partial charge in [-0.3, -0.25) is 0 Å². The molecule has 0 aliphatic carbocycles. The predicted octanol–water partition coefficient (Wildman–Crippen LogP) is 5.42. The van der Waals surface area contributed by atoms with Crippen LogP contribution in [0.1, 0.15) is 52.0 Å². The monoisotopic (exact) mass is 373 g/mol. The number of ether oxygens (including phenoxy) is 2. The third-order valence-corrected chi connectivity index (χ3v) is 4.02. The molecule has 0 saturated carbocycles. The van der Waals surface area contributed by atoms with Crippen LogP contribution in [0.4, 0.5) is 9.18 Å². The first-order valence-electron chi connectivity index (χ1n) is 8.90. The minimum Gasteiger partial charge on any atom is -0.449 e. The van der Waals surface area contributed by atoms with E-state index in [2.05, 4.69) is 6.92 Å². The molecule has 1 aromatic carbocycles. The third kappa shape index (κ3) is 8.54. The highest BCUT2D eigenvalue weighted by atomic mass is 35.5. The van der Waals surface area contributed by atoms with Gasteiger partial charge in [0.1, 0.15) is 5.82 Å². The minimum atomic E-state index is -0.315. The molecule has 4 nitrogen and oxygen atoms in total. The zero-order valence-electron chi connectivity index (χ0n) is 15.4. The highest BCUT2D eigenvalue weighted by Crippen LogP contribution is 2.16. The molecule has 0 unspecified atom stereocenters. The highest BCUT2D eigenvalue weighted by Gasteiger charge is 2.17. The quantitative estimate of drug-likeness (QED) is 0.486. The van der Waals surface area contributed by atoms with Gasteiger partial charge in [-0.2, -0.15) is 0 Å². The molecule has 6 heteroatoms. The van der Waals surface area contributed by atoms with Gasteiger partial charge in [0.25, 0.3) is 0 Å². The fourth-order valence-electron chi connectivity index (χ4n) is 2.27. The summed E-state index contributed by atoms with van der Waals surface area (Å²) < 4.78 is 24.3. The van der Waals surface area contributed by atoms with E-state index < -0.39 is 0 Å². The molecule has 0 atom stereocenters. The van der Waals surface area contributed by atoms with E-state index in [1.54, 1.807) is 11.0 Å². The zero-order chi connectivity index (χ0) is 18.7. The lowest BCUT2D eigenvalue weighted by Crippen LogP contribution is -2.38. The molecule has 0 fully saturated rings. The lowest BCUT2D eigenvalue weighted by Gasteiger charge is -2.26. The molecule has 1 aromatic rings. The van der Waals surface area contributed by atoms with Crippen LogP contribution in [0.5, 0.6) is 0 Å². The van der Waals surface area contributed by atoms with Crippen molar-refractivity contribution < 1.29 is 18.7 Å². The Morgan fingerprint density at radius 3 is 2.68 bits per heavy atom. The molecular formula is C19H29ClFNO3. The maximum atomic E-state index is 13.6. The Bertz CT molecular complexity index is 525. The van der Waals surface area contributed by atoms with Crippen molar-refractivity contribution in [2.45, 2.75) is 59.1 Å². The largest absolute Gasteiger partial charge is 0.449 e. The van der Waals surface area contributed by atoms with Crippen molar-refractivity contribution in [2.75, 3.05) is 19.8 Å². The second-order valence-electron chi connectivity index (χ2n) is 6.25. The van der Waals surface area contributed by atoms with Gasteiger partial charge in [-0.05, 0) is 51.3 Å². The Kier molecular flexibility index (Phi) is 10.5. The second kappa shape index (κ2) is 12.1. The molecule has 142 valence electrons. The summed E-state index contributed by atoms with van der Waals surface area (Å²) in [4.78, 5) is 13.8. The van der Waals surface area contributed by atoms with Crippen LogP contribution in [0.3, 0.4) is 0 Å². The number of halogens is 2. The molecule has 0 N–H and O–H groups in total. The van der Waals surface area contributed by atoms with Crippen molar-refractivity contribution in [1.29, 1.82) is 0 Å². The van der Waals surface area contributed by atoms with Crippen LogP contribution in [0, 0.1) is 5.82 Å². The fraction of sp³-hybridized carbons (Fsp3) is 0.632. The van der Waals surface area contributed by atoms with E-state index in [9.17, 15) is 9.18 Å². The van der Waals surface area contributed by atoms with Gasteiger partial charge in [0.05, 0.1) is 13.2 Å². The van der Waals surface area contributed by atoms with Gasteiger partial charge in [-0.15, -0.1) is 0 Å². The zero-order valence-corrected chi connectivity index (χ0v) is 16.2. The average molecular weight is 374 g/mol. The topological polar surface area (TPSA) is 38.8 Å². The Hall–Kier alpha value is -1.33. The molecule has 0 aromatic heterocycles. The molecule has 0 aliphatic rings. The number of benzene rings is 1. The van der Waals surface area contributed by atoms with Gasteiger partial charge in [0, 0.05) is 29.8 Å². The van der Waals surface area contributed by atoms with E-state index in [0.717, 1.165) is 25.7 Å². The number of amides is 1. The molecule has 0 spiro atoms. The van der Waals surface area contributed by atoms with Gasteiger partial charge >= 0.3 is 6.09 Å². The highest BCUT2D eigenvalue weighted by molar-refractivity contribution is 6.30. The fourth-order valence-corrected chi connectivity index (χ4v) is 2.46. The third-order valence-electron chi connectivity index (χ3n) is 3.78. The van der Waals surface area contributed by atoms with Crippen molar-refractivity contribution in [3.8, 4) is 0 Å². The molecule has 1 amide bonds. The normalized spacial score (nSPS) is 11.0. The van der Waals surface area contributed by atoms with Crippen molar-refractivity contribution in [2.24, 2.45) is 0 Å². The molecule has 0 aliphatic heterocycles. The van der Waals surface area contributed by atoms with Crippen LogP contribution in [0.2, 0.25) is 5.02 Å². The first-order chi connectivity index (χ1) is 12.0. The Balaban J connectivity index is 2.25. The van der Waals surface area contributed by atoms with E-state index >= 15 is 0 Å². The van der Waals surface area contributed by atoms with Gasteiger partial charge in [-0.25, -0.2) is 9.18 Å². The molecule has 25 heavy (non-hydrogen) atoms. The van der Waals surface area contributed by atoms with E-state index in [0.29, 0.717) is 30.3 Å². The Labute approximate surface area is 155 Å². The standard InChI is InChI=1S/C19H29ClFNO3/c1-4-5-12-25-19(23)22(15(2)3)10-6-7-11-24-14-16-13-17(20)8-9-18(16)21/h8-9,13,15H,4-7,10-12,14H2,1-3H3. The maximum absolute atomic E-state index is 13.6. The van der Waals surface area contributed by atoms with E-state index in [1.165, 1.54) is 12.1 Å². The summed E-state index contributed by atoms with van der Waals surface area (Å²) in [6.07, 6.45) is 3.21. The summed E-state index contributed by atoms with van der Waals surface area (Å²) >= 11 is 5.85. The summed E-state index contributed by atoms with van der Waals surface area (Å²) in [5.74, 6) is -0.315. The van der Waals surface area contributed by atoms with Crippen LogP contribution in [0.25, 0.3) is 0 Å². The van der Waals surface area contributed by atoms with Gasteiger partial charge in [0.2, 0.25) is 0 Å². The van der Waals surface area contributed by atoms with Crippen LogP contribution in [-0.2, 0) is 16.1 Å². The van der Waals surface area contributed by atoms with E-state index in [1.807, 2.05) is 13.8 Å². The Morgan fingerprint density at radius 1 is 1.24 bits per heavy atom. The van der Waals surface area contributed by atoms with Crippen LogP contribution < -0.4 is 0 Å². The SMILES string of the molecule is CCCCOC(=O)N(CCCCOCc1cc(Cl)ccc1F)C(C)C. The predicted molar refractivity (Wildman–Crippen MR) is 98.4 cm³/mol. The second-order valence-corrected chi connectivity index (χ2v) is 6.69. The number of hydrogen-bond acceptors (Lipinski definition) is 3. The number of nitrogens with zero attached hydrogens (tertiary/aromatic N) is 1. The first kappa shape index (κ1) is 21.7. The molecule has 0 saturated heterocycles. The van der Waals surface area contributed by atoms with Gasteiger partial charge in [-0.1, -0.05) is 24.9 Å². The number of rotatable bonds is 11. The average Bonchev–Trinajstić information content (AvgIpc) is 2.56. The lowest BCUT2D eigenvalue weighted by molar-refractivity contribution is 0.0845. The van der Waals surface area contributed by atoms with Crippen LogP contribution >= 0.6 is 11.6 Å². The maximum Gasteiger partial charge on any atom is 0.409 e. The summed E-state index contributed by atoms with van der Waals surface area (Å²) in [7, 11) is 0. The van der Waals surface area contributed by atoms with Crippen LogP contribution in [0.15, 0.2) is 18.2 Å². The van der Waals surface area contributed by atoms with E-state index in [-0.39, 0.29) is 24.6 Å². The molecule has 1 rings (SSSR count). The van der Waals surface area contributed by atoms with Gasteiger partial charge in [0.15, 0.2) is 0 Å². The minimum absolute atomic E-state index is 0.0931. The number of hydrogen-bond donors (Lipinski definition) is 0. The number of carbonyl (C=O) groups is 1. The Morgan fingerprint density at radius 2 is 2.00 bits per heavy atom. The lowest BCUT2D eigenvalue weighted by atomic mass is 10.2. The molecule has 0 radical (unpaired) electrons. The summed E-state index contributed by atoms with van der Waals surface area (Å²) in [6, 6.07) is 4.52. The number of carbonyl (C=O) groups excluding carboxylic acids is 1.